The number of methoxy groups -OCH3 is 1. The van der Waals surface area contributed by atoms with Crippen molar-refractivity contribution in [2.45, 2.75) is 50.8 Å². The third-order valence-corrected chi connectivity index (χ3v) is 6.15. The van der Waals surface area contributed by atoms with Crippen LogP contribution in [0.15, 0.2) is 23.1 Å². The molecule has 2 atom stereocenters. The summed E-state index contributed by atoms with van der Waals surface area (Å²) in [4.78, 5) is 0.308. The first-order chi connectivity index (χ1) is 9.72. The molecule has 1 fully saturated rings. The zero-order valence-corrected chi connectivity index (χ0v) is 13.8. The fourth-order valence-corrected chi connectivity index (χ4v) is 4.50. The molecule has 2 rings (SSSR count). The van der Waals surface area contributed by atoms with Crippen molar-refractivity contribution < 1.29 is 13.2 Å². The van der Waals surface area contributed by atoms with Crippen LogP contribution in [0.25, 0.3) is 0 Å². The van der Waals surface area contributed by atoms with Crippen LogP contribution in [0.4, 0.5) is 0 Å². The van der Waals surface area contributed by atoms with Crippen LogP contribution in [0.5, 0.6) is 0 Å². The maximum Gasteiger partial charge on any atom is 0.241 e. The number of sulfonamides is 1. The van der Waals surface area contributed by atoms with Crippen LogP contribution >= 0.6 is 0 Å². The van der Waals surface area contributed by atoms with Crippen molar-refractivity contribution in [3.8, 4) is 0 Å². The second-order valence-electron chi connectivity index (χ2n) is 6.26. The number of benzene rings is 1. The Hall–Kier alpha value is -0.950. The highest BCUT2D eigenvalue weighted by molar-refractivity contribution is 7.89. The molecule has 0 saturated heterocycles. The zero-order valence-electron chi connectivity index (χ0n) is 13.0. The van der Waals surface area contributed by atoms with Crippen molar-refractivity contribution in [2.75, 3.05) is 7.11 Å². The summed E-state index contributed by atoms with van der Waals surface area (Å²) >= 11 is 0. The van der Waals surface area contributed by atoms with Crippen LogP contribution in [-0.2, 0) is 21.3 Å². The van der Waals surface area contributed by atoms with Gasteiger partial charge in [-0.15, -0.1) is 0 Å². The quantitative estimate of drug-likeness (QED) is 0.864. The maximum absolute atomic E-state index is 12.6. The number of nitrogens with one attached hydrogen (secondary N) is 1. The van der Waals surface area contributed by atoms with Crippen molar-refractivity contribution in [2.24, 2.45) is 11.1 Å². The van der Waals surface area contributed by atoms with Crippen LogP contribution in [0, 0.1) is 12.3 Å². The summed E-state index contributed by atoms with van der Waals surface area (Å²) in [6.07, 6.45) is 0.778. The van der Waals surface area contributed by atoms with Gasteiger partial charge in [-0.1, -0.05) is 26.0 Å². The van der Waals surface area contributed by atoms with Gasteiger partial charge in [-0.3, -0.25) is 0 Å². The van der Waals surface area contributed by atoms with E-state index < -0.39 is 10.0 Å². The van der Waals surface area contributed by atoms with E-state index in [1.54, 1.807) is 26.2 Å². The molecule has 6 heteroatoms. The summed E-state index contributed by atoms with van der Waals surface area (Å²) in [5.74, 6) is 0. The number of ether oxygens (including phenoxy) is 1. The highest BCUT2D eigenvalue weighted by atomic mass is 32.2. The number of nitrogens with two attached hydrogens (primary N) is 1. The highest BCUT2D eigenvalue weighted by Crippen LogP contribution is 2.43. The average molecular weight is 312 g/mol. The lowest BCUT2D eigenvalue weighted by Gasteiger charge is -2.51. The summed E-state index contributed by atoms with van der Waals surface area (Å²) in [6.45, 7) is 6.14. The van der Waals surface area contributed by atoms with E-state index in [0.717, 1.165) is 11.1 Å². The van der Waals surface area contributed by atoms with E-state index in [1.165, 1.54) is 0 Å². The van der Waals surface area contributed by atoms with Crippen molar-refractivity contribution in [3.63, 3.8) is 0 Å². The van der Waals surface area contributed by atoms with E-state index in [4.69, 9.17) is 10.5 Å². The smallest absolute Gasteiger partial charge is 0.241 e. The molecule has 3 N–H and O–H groups in total. The molecule has 2 unspecified atom stereocenters. The van der Waals surface area contributed by atoms with Gasteiger partial charge in [0.1, 0.15) is 0 Å². The number of hydrogen-bond donors (Lipinski definition) is 2. The Bertz CT molecular complexity index is 626. The summed E-state index contributed by atoms with van der Waals surface area (Å²) in [5, 5.41) is 0. The van der Waals surface area contributed by atoms with Crippen molar-refractivity contribution in [1.82, 2.24) is 4.72 Å². The summed E-state index contributed by atoms with van der Waals surface area (Å²) in [5.41, 5.74) is 6.92. The molecule has 1 aliphatic carbocycles. The second kappa shape index (κ2) is 5.68. The second-order valence-corrected chi connectivity index (χ2v) is 7.94. The molecule has 21 heavy (non-hydrogen) atoms. The molecule has 0 spiro atoms. The molecular weight excluding hydrogens is 288 g/mol. The van der Waals surface area contributed by atoms with E-state index in [-0.39, 0.29) is 17.6 Å². The summed E-state index contributed by atoms with van der Waals surface area (Å²) < 4.78 is 33.4. The Labute approximate surface area is 126 Å². The van der Waals surface area contributed by atoms with Gasteiger partial charge in [0.15, 0.2) is 0 Å². The lowest BCUT2D eigenvalue weighted by Crippen LogP contribution is -2.61. The topological polar surface area (TPSA) is 81.4 Å². The lowest BCUT2D eigenvalue weighted by atomic mass is 9.65. The highest BCUT2D eigenvalue weighted by Gasteiger charge is 2.50. The van der Waals surface area contributed by atoms with Gasteiger partial charge >= 0.3 is 0 Å². The summed E-state index contributed by atoms with van der Waals surface area (Å²) in [6, 6.07) is 5.17. The molecule has 1 aromatic carbocycles. The van der Waals surface area contributed by atoms with Crippen LogP contribution in [0.1, 0.15) is 31.4 Å². The third-order valence-electron chi connectivity index (χ3n) is 4.54. The van der Waals surface area contributed by atoms with Crippen LogP contribution in [-0.4, -0.2) is 27.7 Å². The predicted molar refractivity (Wildman–Crippen MR) is 82.4 cm³/mol. The molecular formula is C15H24N2O3S. The Morgan fingerprint density at radius 2 is 2.10 bits per heavy atom. The number of rotatable bonds is 5. The Balaban J connectivity index is 2.24. The van der Waals surface area contributed by atoms with Crippen molar-refractivity contribution in [1.29, 1.82) is 0 Å². The largest absolute Gasteiger partial charge is 0.381 e. The first-order valence-electron chi connectivity index (χ1n) is 7.07. The van der Waals surface area contributed by atoms with Gasteiger partial charge < -0.3 is 10.5 Å². The number of aryl methyl sites for hydroxylation is 1. The standard InChI is InChI=1S/C15H24N2O3S/c1-10-5-6-11(9-16)7-12(10)21(18,19)17-13-8-14(20-4)15(13,2)3/h5-7,13-14,17H,8-9,16H2,1-4H3. The minimum absolute atomic E-state index is 0.0849. The summed E-state index contributed by atoms with van der Waals surface area (Å²) in [7, 11) is -1.89. The molecule has 0 bridgehead atoms. The van der Waals surface area contributed by atoms with Gasteiger partial charge in [0, 0.05) is 25.1 Å². The Morgan fingerprint density at radius 3 is 2.62 bits per heavy atom. The molecule has 5 nitrogen and oxygen atoms in total. The van der Waals surface area contributed by atoms with Gasteiger partial charge in [0.25, 0.3) is 0 Å². The van der Waals surface area contributed by atoms with Crippen LogP contribution in [0.3, 0.4) is 0 Å². The van der Waals surface area contributed by atoms with E-state index in [1.807, 2.05) is 19.9 Å². The van der Waals surface area contributed by atoms with Gasteiger partial charge in [-0.25, -0.2) is 13.1 Å². The van der Waals surface area contributed by atoms with E-state index in [0.29, 0.717) is 17.9 Å². The molecule has 0 heterocycles. The monoisotopic (exact) mass is 312 g/mol. The van der Waals surface area contributed by atoms with E-state index >= 15 is 0 Å². The molecule has 0 amide bonds. The van der Waals surface area contributed by atoms with Gasteiger partial charge in [-0.2, -0.15) is 0 Å². The van der Waals surface area contributed by atoms with Gasteiger partial charge in [0.05, 0.1) is 11.0 Å². The molecule has 1 saturated carbocycles. The lowest BCUT2D eigenvalue weighted by molar-refractivity contribution is -0.0908. The third kappa shape index (κ3) is 2.99. The minimum Gasteiger partial charge on any atom is -0.381 e. The fourth-order valence-electron chi connectivity index (χ4n) is 2.80. The van der Waals surface area contributed by atoms with Crippen LogP contribution < -0.4 is 10.5 Å². The first kappa shape index (κ1) is 16.4. The van der Waals surface area contributed by atoms with Gasteiger partial charge in [-0.05, 0) is 30.5 Å². The maximum atomic E-state index is 12.6. The van der Waals surface area contributed by atoms with Crippen LogP contribution in [0.2, 0.25) is 0 Å². The fraction of sp³-hybridized carbons (Fsp3) is 0.600. The molecule has 118 valence electrons. The minimum atomic E-state index is -3.55. The average Bonchev–Trinajstić information content (AvgIpc) is 2.43. The molecule has 0 aromatic heterocycles. The first-order valence-corrected chi connectivity index (χ1v) is 8.55. The van der Waals surface area contributed by atoms with E-state index in [9.17, 15) is 8.42 Å². The molecule has 1 aliphatic rings. The Morgan fingerprint density at radius 1 is 1.43 bits per heavy atom. The normalized spacial score (nSPS) is 24.6. The number of hydrogen-bond acceptors (Lipinski definition) is 4. The van der Waals surface area contributed by atoms with Crippen molar-refractivity contribution >= 4 is 10.0 Å². The SMILES string of the molecule is COC1CC(NS(=O)(=O)c2cc(CN)ccc2C)C1(C)C. The Kier molecular flexibility index (Phi) is 4.44. The molecule has 0 radical (unpaired) electrons. The van der Waals surface area contributed by atoms with E-state index in [2.05, 4.69) is 4.72 Å². The van der Waals surface area contributed by atoms with Gasteiger partial charge in [0.2, 0.25) is 10.0 Å². The van der Waals surface area contributed by atoms with Crippen molar-refractivity contribution in [3.05, 3.63) is 29.3 Å². The molecule has 1 aromatic rings. The predicted octanol–water partition coefficient (Wildman–Crippen LogP) is 1.55. The molecule has 0 aliphatic heterocycles. The zero-order chi connectivity index (χ0) is 15.8.